The molecule has 0 radical (unpaired) electrons. The number of rotatable bonds is 3. The standard InChI is InChI=1S/C15H14N2O4/c1-9(18)16-10-4-2-5-11(8-10)17-15(21)14-12(19)6-3-7-13(14)20/h2-8,19-20H,1H3,(H,16,18)(H,17,21). The highest BCUT2D eigenvalue weighted by atomic mass is 16.3. The van der Waals surface area contributed by atoms with E-state index in [1.54, 1.807) is 24.3 Å². The normalized spacial score (nSPS) is 9.95. The summed E-state index contributed by atoms with van der Waals surface area (Å²) >= 11 is 0. The number of carbonyl (C=O) groups is 2. The van der Waals surface area contributed by atoms with Crippen LogP contribution in [-0.2, 0) is 4.79 Å². The summed E-state index contributed by atoms with van der Waals surface area (Å²) in [6.07, 6.45) is 0. The second-order valence-electron chi connectivity index (χ2n) is 4.39. The van der Waals surface area contributed by atoms with Crippen molar-refractivity contribution < 1.29 is 19.8 Å². The first-order valence-corrected chi connectivity index (χ1v) is 6.17. The van der Waals surface area contributed by atoms with E-state index < -0.39 is 5.91 Å². The maximum absolute atomic E-state index is 12.1. The highest BCUT2D eigenvalue weighted by Crippen LogP contribution is 2.27. The molecule has 0 spiro atoms. The second kappa shape index (κ2) is 5.96. The van der Waals surface area contributed by atoms with Crippen molar-refractivity contribution in [2.45, 2.75) is 6.92 Å². The van der Waals surface area contributed by atoms with E-state index in [1.807, 2.05) is 0 Å². The molecule has 21 heavy (non-hydrogen) atoms. The lowest BCUT2D eigenvalue weighted by Crippen LogP contribution is -2.13. The van der Waals surface area contributed by atoms with E-state index in [2.05, 4.69) is 10.6 Å². The van der Waals surface area contributed by atoms with Gasteiger partial charge in [0.25, 0.3) is 5.91 Å². The zero-order chi connectivity index (χ0) is 15.4. The van der Waals surface area contributed by atoms with Gasteiger partial charge >= 0.3 is 0 Å². The van der Waals surface area contributed by atoms with Crippen molar-refractivity contribution in [3.63, 3.8) is 0 Å². The first-order chi connectivity index (χ1) is 9.97. The number of amides is 2. The van der Waals surface area contributed by atoms with Crippen LogP contribution in [0.5, 0.6) is 11.5 Å². The van der Waals surface area contributed by atoms with Gasteiger partial charge in [0.05, 0.1) is 0 Å². The average Bonchev–Trinajstić information content (AvgIpc) is 2.37. The van der Waals surface area contributed by atoms with Crippen LogP contribution in [0.25, 0.3) is 0 Å². The summed E-state index contributed by atoms with van der Waals surface area (Å²) < 4.78 is 0. The molecular formula is C15H14N2O4. The Bertz CT molecular complexity index is 678. The van der Waals surface area contributed by atoms with Crippen LogP contribution in [0, 0.1) is 0 Å². The van der Waals surface area contributed by atoms with Crippen molar-refractivity contribution >= 4 is 23.2 Å². The number of carbonyl (C=O) groups excluding carboxylic acids is 2. The molecule has 0 saturated heterocycles. The minimum atomic E-state index is -0.648. The number of benzene rings is 2. The molecule has 4 N–H and O–H groups in total. The van der Waals surface area contributed by atoms with Crippen LogP contribution in [0.1, 0.15) is 17.3 Å². The fraction of sp³-hybridized carbons (Fsp3) is 0.0667. The van der Waals surface area contributed by atoms with E-state index in [-0.39, 0.29) is 23.0 Å². The Labute approximate surface area is 121 Å². The molecule has 0 unspecified atom stereocenters. The number of hydrogen-bond donors (Lipinski definition) is 4. The maximum atomic E-state index is 12.1. The van der Waals surface area contributed by atoms with Crippen molar-refractivity contribution in [2.24, 2.45) is 0 Å². The Balaban J connectivity index is 2.22. The molecule has 0 atom stereocenters. The van der Waals surface area contributed by atoms with Gasteiger partial charge in [-0.05, 0) is 30.3 Å². The van der Waals surface area contributed by atoms with Gasteiger partial charge in [-0.15, -0.1) is 0 Å². The van der Waals surface area contributed by atoms with Crippen LogP contribution in [0.3, 0.4) is 0 Å². The molecular weight excluding hydrogens is 272 g/mol. The highest BCUT2D eigenvalue weighted by molar-refractivity contribution is 6.08. The monoisotopic (exact) mass is 286 g/mol. The Kier molecular flexibility index (Phi) is 4.08. The fourth-order valence-electron chi connectivity index (χ4n) is 1.83. The van der Waals surface area contributed by atoms with Crippen molar-refractivity contribution in [1.82, 2.24) is 0 Å². The van der Waals surface area contributed by atoms with E-state index >= 15 is 0 Å². The molecule has 0 aromatic heterocycles. The van der Waals surface area contributed by atoms with Gasteiger partial charge < -0.3 is 20.8 Å². The fourth-order valence-corrected chi connectivity index (χ4v) is 1.83. The number of aromatic hydroxyl groups is 2. The molecule has 0 aliphatic heterocycles. The van der Waals surface area contributed by atoms with E-state index in [9.17, 15) is 19.8 Å². The minimum Gasteiger partial charge on any atom is -0.507 e. The summed E-state index contributed by atoms with van der Waals surface area (Å²) in [4.78, 5) is 23.1. The highest BCUT2D eigenvalue weighted by Gasteiger charge is 2.16. The number of nitrogens with one attached hydrogen (secondary N) is 2. The van der Waals surface area contributed by atoms with Crippen LogP contribution in [0.15, 0.2) is 42.5 Å². The zero-order valence-electron chi connectivity index (χ0n) is 11.3. The number of anilines is 2. The molecule has 2 amide bonds. The summed E-state index contributed by atoms with van der Waals surface area (Å²) in [7, 11) is 0. The van der Waals surface area contributed by atoms with Gasteiger partial charge in [-0.1, -0.05) is 12.1 Å². The van der Waals surface area contributed by atoms with Gasteiger partial charge in [0.2, 0.25) is 5.91 Å². The third-order valence-corrected chi connectivity index (χ3v) is 2.69. The molecule has 2 aromatic carbocycles. The lowest BCUT2D eigenvalue weighted by atomic mass is 10.1. The smallest absolute Gasteiger partial charge is 0.263 e. The van der Waals surface area contributed by atoms with Crippen molar-refractivity contribution in [3.05, 3.63) is 48.0 Å². The second-order valence-corrected chi connectivity index (χ2v) is 4.39. The molecule has 2 rings (SSSR count). The molecule has 6 heteroatoms. The Morgan fingerprint density at radius 2 is 1.43 bits per heavy atom. The molecule has 0 fully saturated rings. The molecule has 2 aromatic rings. The summed E-state index contributed by atoms with van der Waals surface area (Å²) in [5, 5.41) is 24.4. The van der Waals surface area contributed by atoms with Gasteiger partial charge in [0.15, 0.2) is 0 Å². The Morgan fingerprint density at radius 3 is 2.00 bits per heavy atom. The third-order valence-electron chi connectivity index (χ3n) is 2.69. The summed E-state index contributed by atoms with van der Waals surface area (Å²) in [5.74, 6) is -1.50. The SMILES string of the molecule is CC(=O)Nc1cccc(NC(=O)c2c(O)cccc2O)c1. The quantitative estimate of drug-likeness (QED) is 0.695. The lowest BCUT2D eigenvalue weighted by Gasteiger charge is -2.09. The number of phenolic OH excluding ortho intramolecular Hbond substituents is 2. The van der Waals surface area contributed by atoms with Gasteiger partial charge in [-0.25, -0.2) is 0 Å². The molecule has 0 aliphatic carbocycles. The largest absolute Gasteiger partial charge is 0.507 e. The first kappa shape index (κ1) is 14.4. The Hall–Kier alpha value is -3.02. The number of phenols is 2. The summed E-state index contributed by atoms with van der Waals surface area (Å²) in [6.45, 7) is 1.38. The predicted octanol–water partition coefficient (Wildman–Crippen LogP) is 2.31. The van der Waals surface area contributed by atoms with E-state index in [1.165, 1.54) is 25.1 Å². The van der Waals surface area contributed by atoms with E-state index in [4.69, 9.17) is 0 Å². The van der Waals surface area contributed by atoms with Crippen LogP contribution in [0.2, 0.25) is 0 Å². The third kappa shape index (κ3) is 3.50. The van der Waals surface area contributed by atoms with Crippen LogP contribution >= 0.6 is 0 Å². The number of hydrogen-bond acceptors (Lipinski definition) is 4. The predicted molar refractivity (Wildman–Crippen MR) is 78.5 cm³/mol. The maximum Gasteiger partial charge on any atom is 0.263 e. The van der Waals surface area contributed by atoms with Crippen molar-refractivity contribution in [1.29, 1.82) is 0 Å². The first-order valence-electron chi connectivity index (χ1n) is 6.17. The lowest BCUT2D eigenvalue weighted by molar-refractivity contribution is -0.114. The van der Waals surface area contributed by atoms with Gasteiger partial charge in [-0.3, -0.25) is 9.59 Å². The van der Waals surface area contributed by atoms with Gasteiger partial charge in [0.1, 0.15) is 17.1 Å². The summed E-state index contributed by atoms with van der Waals surface area (Å²) in [6, 6.07) is 10.6. The van der Waals surface area contributed by atoms with Crippen molar-refractivity contribution in [3.8, 4) is 11.5 Å². The average molecular weight is 286 g/mol. The summed E-state index contributed by atoms with van der Waals surface area (Å²) in [5.41, 5.74) is 0.748. The van der Waals surface area contributed by atoms with Gasteiger partial charge in [0, 0.05) is 18.3 Å². The molecule has 0 saturated carbocycles. The van der Waals surface area contributed by atoms with Crippen LogP contribution in [-0.4, -0.2) is 22.0 Å². The topological polar surface area (TPSA) is 98.7 Å². The van der Waals surface area contributed by atoms with E-state index in [0.29, 0.717) is 11.4 Å². The molecule has 0 bridgehead atoms. The van der Waals surface area contributed by atoms with E-state index in [0.717, 1.165) is 0 Å². The van der Waals surface area contributed by atoms with Gasteiger partial charge in [-0.2, -0.15) is 0 Å². The molecule has 0 aliphatic rings. The van der Waals surface area contributed by atoms with Crippen LogP contribution < -0.4 is 10.6 Å². The van der Waals surface area contributed by atoms with Crippen molar-refractivity contribution in [2.75, 3.05) is 10.6 Å². The zero-order valence-corrected chi connectivity index (χ0v) is 11.3. The molecule has 108 valence electrons. The minimum absolute atomic E-state index is 0.206. The van der Waals surface area contributed by atoms with Crippen LogP contribution in [0.4, 0.5) is 11.4 Å². The Morgan fingerprint density at radius 1 is 0.905 bits per heavy atom. The molecule has 0 heterocycles. The molecule has 6 nitrogen and oxygen atoms in total.